The number of anilines is 1. The van der Waals surface area contributed by atoms with Gasteiger partial charge in [0.2, 0.25) is 0 Å². The summed E-state index contributed by atoms with van der Waals surface area (Å²) in [7, 11) is 2.17. The Morgan fingerprint density at radius 2 is 1.91 bits per heavy atom. The van der Waals surface area contributed by atoms with Crippen molar-refractivity contribution in [1.82, 2.24) is 9.88 Å². The van der Waals surface area contributed by atoms with Gasteiger partial charge in [-0.25, -0.2) is 0 Å². The molecule has 0 aromatic carbocycles. The molecule has 0 saturated carbocycles. The van der Waals surface area contributed by atoms with E-state index in [1.807, 2.05) is 12.4 Å². The predicted molar refractivity (Wildman–Crippen MR) is 93.7 cm³/mol. The summed E-state index contributed by atoms with van der Waals surface area (Å²) >= 11 is 0. The fourth-order valence-electron chi connectivity index (χ4n) is 3.27. The molecular weight excluding hydrogens is 286 g/mol. The molecule has 23 heavy (non-hydrogen) atoms. The van der Waals surface area contributed by atoms with Gasteiger partial charge in [-0.3, -0.25) is 4.98 Å². The second-order valence-corrected chi connectivity index (χ2v) is 6.59. The summed E-state index contributed by atoms with van der Waals surface area (Å²) in [4.78, 5) is 9.11. The van der Waals surface area contributed by atoms with Gasteiger partial charge in [-0.15, -0.1) is 0 Å². The van der Waals surface area contributed by atoms with E-state index < -0.39 is 0 Å². The molecule has 0 spiro atoms. The van der Waals surface area contributed by atoms with Gasteiger partial charge in [0, 0.05) is 37.9 Å². The third kappa shape index (κ3) is 4.95. The minimum absolute atomic E-state index is 0.373. The molecule has 4 heteroatoms. The van der Waals surface area contributed by atoms with Gasteiger partial charge in [-0.1, -0.05) is 11.8 Å². The zero-order valence-corrected chi connectivity index (χ0v) is 14.1. The zero-order chi connectivity index (χ0) is 15.9. The quantitative estimate of drug-likeness (QED) is 0.802. The van der Waals surface area contributed by atoms with Gasteiger partial charge < -0.3 is 14.5 Å². The highest BCUT2D eigenvalue weighted by molar-refractivity contribution is 5.50. The van der Waals surface area contributed by atoms with Gasteiger partial charge in [0.25, 0.3) is 0 Å². The molecule has 0 N–H and O–H groups in total. The molecule has 2 fully saturated rings. The lowest BCUT2D eigenvalue weighted by atomic mass is 10.1. The van der Waals surface area contributed by atoms with Crippen molar-refractivity contribution in [2.75, 3.05) is 44.7 Å². The van der Waals surface area contributed by atoms with Gasteiger partial charge in [0.05, 0.1) is 18.0 Å². The first kappa shape index (κ1) is 16.3. The third-order valence-electron chi connectivity index (χ3n) is 4.73. The Bertz CT molecular complexity index is 549. The number of aromatic nitrogens is 1. The van der Waals surface area contributed by atoms with Crippen LogP contribution >= 0.6 is 0 Å². The number of rotatable bonds is 3. The monoisotopic (exact) mass is 313 g/mol. The van der Waals surface area contributed by atoms with Crippen LogP contribution in [-0.4, -0.2) is 55.8 Å². The molecule has 1 aromatic heterocycles. The van der Waals surface area contributed by atoms with Crippen molar-refractivity contribution in [1.29, 1.82) is 0 Å². The van der Waals surface area contributed by atoms with Crippen molar-refractivity contribution in [3.63, 3.8) is 0 Å². The molecule has 0 atom stereocenters. The van der Waals surface area contributed by atoms with Gasteiger partial charge in [0.15, 0.2) is 0 Å². The Balaban J connectivity index is 1.50. The van der Waals surface area contributed by atoms with E-state index in [9.17, 15) is 0 Å². The second kappa shape index (κ2) is 8.33. The molecule has 0 radical (unpaired) electrons. The Kier molecular flexibility index (Phi) is 5.90. The summed E-state index contributed by atoms with van der Waals surface area (Å²) in [6.45, 7) is 5.04. The van der Waals surface area contributed by atoms with Gasteiger partial charge in [-0.05, 0) is 45.2 Å². The van der Waals surface area contributed by atoms with Crippen LogP contribution in [0, 0.1) is 11.8 Å². The number of pyridine rings is 1. The number of nitrogens with zero attached hydrogens (tertiary/aromatic N) is 3. The van der Waals surface area contributed by atoms with Crippen LogP contribution in [0.25, 0.3) is 0 Å². The van der Waals surface area contributed by atoms with Crippen molar-refractivity contribution < 1.29 is 4.74 Å². The number of likely N-dealkylation sites (tertiary alicyclic amines) is 1. The Morgan fingerprint density at radius 1 is 1.13 bits per heavy atom. The molecule has 3 rings (SSSR count). The SMILES string of the molecule is CN1CCC(OCC#Cc2cncc(N3CCCCC3)c2)CC1. The fraction of sp³-hybridized carbons (Fsp3) is 0.632. The van der Waals surface area contributed by atoms with E-state index in [0.29, 0.717) is 12.7 Å². The van der Waals surface area contributed by atoms with Crippen LogP contribution in [0.5, 0.6) is 0 Å². The number of hydrogen-bond acceptors (Lipinski definition) is 4. The summed E-state index contributed by atoms with van der Waals surface area (Å²) in [5.41, 5.74) is 2.19. The minimum atomic E-state index is 0.373. The maximum absolute atomic E-state index is 5.87. The van der Waals surface area contributed by atoms with Crippen molar-refractivity contribution >= 4 is 5.69 Å². The first-order valence-corrected chi connectivity index (χ1v) is 8.80. The van der Waals surface area contributed by atoms with Crippen LogP contribution < -0.4 is 4.90 Å². The van der Waals surface area contributed by atoms with Crippen LogP contribution in [0.4, 0.5) is 5.69 Å². The lowest BCUT2D eigenvalue weighted by Gasteiger charge is -2.28. The first-order valence-electron chi connectivity index (χ1n) is 8.80. The molecule has 3 heterocycles. The van der Waals surface area contributed by atoms with Gasteiger partial charge in [-0.2, -0.15) is 0 Å². The van der Waals surface area contributed by atoms with E-state index in [1.54, 1.807) is 0 Å². The second-order valence-electron chi connectivity index (χ2n) is 6.59. The lowest BCUT2D eigenvalue weighted by Crippen LogP contribution is -2.34. The summed E-state index contributed by atoms with van der Waals surface area (Å²) in [5, 5.41) is 0. The van der Waals surface area contributed by atoms with E-state index in [0.717, 1.165) is 44.6 Å². The summed E-state index contributed by atoms with van der Waals surface area (Å²) in [6.07, 6.45) is 10.3. The van der Waals surface area contributed by atoms with Gasteiger partial charge >= 0.3 is 0 Å². The highest BCUT2D eigenvalue weighted by Crippen LogP contribution is 2.19. The summed E-state index contributed by atoms with van der Waals surface area (Å²) < 4.78 is 5.87. The highest BCUT2D eigenvalue weighted by atomic mass is 16.5. The zero-order valence-electron chi connectivity index (χ0n) is 14.1. The molecule has 0 amide bonds. The summed E-state index contributed by atoms with van der Waals surface area (Å²) in [5.74, 6) is 6.34. The molecule has 1 aromatic rings. The van der Waals surface area contributed by atoms with Crippen LogP contribution in [0.3, 0.4) is 0 Å². The molecule has 124 valence electrons. The molecule has 0 bridgehead atoms. The third-order valence-corrected chi connectivity index (χ3v) is 4.73. The number of hydrogen-bond donors (Lipinski definition) is 0. The minimum Gasteiger partial charge on any atom is -0.370 e. The average molecular weight is 313 g/mol. The predicted octanol–water partition coefficient (Wildman–Crippen LogP) is 2.53. The molecule has 0 aliphatic carbocycles. The molecular formula is C19H27N3O. The molecule has 4 nitrogen and oxygen atoms in total. The maximum Gasteiger partial charge on any atom is 0.108 e. The van der Waals surface area contributed by atoms with E-state index in [4.69, 9.17) is 4.74 Å². The lowest BCUT2D eigenvalue weighted by molar-refractivity contribution is 0.0306. The fourth-order valence-corrected chi connectivity index (χ4v) is 3.27. The number of ether oxygens (including phenoxy) is 1. The van der Waals surface area contributed by atoms with E-state index >= 15 is 0 Å². The van der Waals surface area contributed by atoms with Crippen LogP contribution in [0.2, 0.25) is 0 Å². The van der Waals surface area contributed by atoms with Crippen LogP contribution in [0.15, 0.2) is 18.5 Å². The molecule has 0 unspecified atom stereocenters. The topological polar surface area (TPSA) is 28.6 Å². The van der Waals surface area contributed by atoms with Crippen molar-refractivity contribution in [3.05, 3.63) is 24.0 Å². The Labute approximate surface area is 139 Å². The van der Waals surface area contributed by atoms with E-state index in [1.165, 1.54) is 24.9 Å². The van der Waals surface area contributed by atoms with Crippen molar-refractivity contribution in [2.24, 2.45) is 0 Å². The van der Waals surface area contributed by atoms with Crippen LogP contribution in [-0.2, 0) is 4.74 Å². The van der Waals surface area contributed by atoms with Gasteiger partial charge in [0.1, 0.15) is 6.61 Å². The Hall–Kier alpha value is -1.57. The van der Waals surface area contributed by atoms with Crippen molar-refractivity contribution in [3.8, 4) is 11.8 Å². The summed E-state index contributed by atoms with van der Waals surface area (Å²) in [6, 6.07) is 2.15. The van der Waals surface area contributed by atoms with E-state index in [2.05, 4.69) is 39.7 Å². The van der Waals surface area contributed by atoms with Crippen LogP contribution in [0.1, 0.15) is 37.7 Å². The molecule has 2 saturated heterocycles. The smallest absolute Gasteiger partial charge is 0.108 e. The molecule has 2 aliphatic rings. The van der Waals surface area contributed by atoms with E-state index in [-0.39, 0.29) is 0 Å². The molecule has 2 aliphatic heterocycles. The standard InChI is InChI=1S/C19H27N3O/c1-21-11-7-19(8-12-21)23-13-5-6-17-14-18(16-20-15-17)22-9-3-2-4-10-22/h14-16,19H,2-4,7-13H2,1H3. The average Bonchev–Trinajstić information content (AvgIpc) is 2.61. The number of piperidine rings is 2. The Morgan fingerprint density at radius 3 is 2.70 bits per heavy atom. The highest BCUT2D eigenvalue weighted by Gasteiger charge is 2.16. The first-order chi connectivity index (χ1) is 11.3. The van der Waals surface area contributed by atoms with Crippen molar-refractivity contribution in [2.45, 2.75) is 38.2 Å². The normalized spacial score (nSPS) is 20.1. The maximum atomic E-state index is 5.87. The largest absolute Gasteiger partial charge is 0.370 e.